The van der Waals surface area contributed by atoms with Gasteiger partial charge in [0.1, 0.15) is 11.4 Å². The molecule has 0 radical (unpaired) electrons. The van der Waals surface area contributed by atoms with Gasteiger partial charge in [0.2, 0.25) is 24.4 Å². The minimum Gasteiger partial charge on any atom is -0.365 e. The van der Waals surface area contributed by atoms with Gasteiger partial charge in [0.05, 0.1) is 5.70 Å². The van der Waals surface area contributed by atoms with Gasteiger partial charge in [-0.15, -0.1) is 0 Å². The molecule has 23 heavy (non-hydrogen) atoms. The molecule has 122 valence electrons. The third-order valence-electron chi connectivity index (χ3n) is 3.82. The van der Waals surface area contributed by atoms with E-state index in [1.54, 1.807) is 0 Å². The number of nitrogens with zero attached hydrogens (tertiary/aromatic N) is 4. The van der Waals surface area contributed by atoms with E-state index in [1.807, 2.05) is 14.7 Å². The van der Waals surface area contributed by atoms with Crippen molar-refractivity contribution >= 4 is 24.4 Å². The van der Waals surface area contributed by atoms with Crippen LogP contribution in [0.15, 0.2) is 23.2 Å². The van der Waals surface area contributed by atoms with E-state index < -0.39 is 0 Å². The molecule has 0 aromatic heterocycles. The van der Waals surface area contributed by atoms with Crippen molar-refractivity contribution in [2.45, 2.75) is 0 Å². The molecule has 3 heterocycles. The summed E-state index contributed by atoms with van der Waals surface area (Å²) in [6, 6.07) is 0. The number of hydrogen-bond donors (Lipinski definition) is 0. The molecule has 2 amide bonds. The number of rotatable bonds is 5. The van der Waals surface area contributed by atoms with Gasteiger partial charge in [-0.05, 0) is 0 Å². The van der Waals surface area contributed by atoms with E-state index in [4.69, 9.17) is 0 Å². The first-order valence-corrected chi connectivity index (χ1v) is 7.49. The van der Waals surface area contributed by atoms with E-state index in [1.165, 1.54) is 13.1 Å². The lowest BCUT2D eigenvalue weighted by atomic mass is 10.0. The Labute approximate surface area is 133 Å². The fourth-order valence-corrected chi connectivity index (χ4v) is 2.30. The molecule has 1 aliphatic carbocycles. The van der Waals surface area contributed by atoms with Crippen LogP contribution in [-0.4, -0.2) is 90.3 Å². The Bertz CT molecular complexity index is 619. The normalized spacial score (nSPS) is 21.4. The second-order valence-corrected chi connectivity index (χ2v) is 5.76. The molecule has 3 saturated heterocycles. The van der Waals surface area contributed by atoms with E-state index in [0.717, 1.165) is 44.2 Å². The molecule has 0 unspecified atom stereocenters. The Balaban J connectivity index is 0.000000227. The number of hydrogen-bond acceptors (Lipinski definition) is 7. The van der Waals surface area contributed by atoms with Gasteiger partial charge in [-0.1, -0.05) is 0 Å². The molecular weight excluding hydrogens is 300 g/mol. The number of carbonyl (C=O) groups is 4. The van der Waals surface area contributed by atoms with Crippen molar-refractivity contribution in [2.75, 3.05) is 46.3 Å². The Kier molecular flexibility index (Phi) is 3.89. The highest BCUT2D eigenvalue weighted by molar-refractivity contribution is 6.22. The Morgan fingerprint density at radius 3 is 1.74 bits per heavy atom. The van der Waals surface area contributed by atoms with Crippen LogP contribution in [0.2, 0.25) is 0 Å². The first kappa shape index (κ1) is 15.3. The predicted octanol–water partition coefficient (Wildman–Crippen LogP) is -1.59. The maximum absolute atomic E-state index is 12.4. The molecule has 0 N–H and O–H groups in total. The van der Waals surface area contributed by atoms with Crippen LogP contribution in [0.5, 0.6) is 0 Å². The quantitative estimate of drug-likeness (QED) is 0.343. The van der Waals surface area contributed by atoms with Gasteiger partial charge in [-0.25, -0.2) is 0 Å². The van der Waals surface area contributed by atoms with Crippen LogP contribution in [-0.2, 0) is 19.2 Å². The van der Waals surface area contributed by atoms with Gasteiger partial charge in [-0.2, -0.15) is 0 Å². The SMILES string of the molecule is CN(C=O)C=O.O=C1C=C(N2CC2)C(=O)C(N2CC2)=C1N1CC1. The Morgan fingerprint density at radius 1 is 0.870 bits per heavy atom. The van der Waals surface area contributed by atoms with Crippen molar-refractivity contribution in [3.63, 3.8) is 0 Å². The lowest BCUT2D eigenvalue weighted by molar-refractivity contribution is -0.127. The fourth-order valence-electron chi connectivity index (χ4n) is 2.30. The molecule has 8 heteroatoms. The van der Waals surface area contributed by atoms with Crippen LogP contribution in [0.25, 0.3) is 0 Å². The van der Waals surface area contributed by atoms with E-state index in [-0.39, 0.29) is 11.6 Å². The molecule has 8 nitrogen and oxygen atoms in total. The second kappa shape index (κ2) is 5.86. The Hall–Kier alpha value is -2.64. The predicted molar refractivity (Wildman–Crippen MR) is 79.7 cm³/mol. The number of amides is 2. The second-order valence-electron chi connectivity index (χ2n) is 5.76. The number of Topliss-reactive ketones (excluding diaryl/α,β-unsaturated/α-hetero) is 1. The van der Waals surface area contributed by atoms with Gasteiger partial charge < -0.3 is 14.7 Å². The number of allylic oxidation sites excluding steroid dienone is 1. The van der Waals surface area contributed by atoms with Crippen molar-refractivity contribution in [2.24, 2.45) is 0 Å². The number of ketones is 2. The summed E-state index contributed by atoms with van der Waals surface area (Å²) in [5.74, 6) is 0.0485. The summed E-state index contributed by atoms with van der Waals surface area (Å²) in [7, 11) is 1.38. The van der Waals surface area contributed by atoms with Gasteiger partial charge in [0.15, 0.2) is 0 Å². The minimum atomic E-state index is 0.00546. The van der Waals surface area contributed by atoms with Crippen molar-refractivity contribution in [1.29, 1.82) is 0 Å². The highest BCUT2D eigenvalue weighted by Gasteiger charge is 2.43. The topological polar surface area (TPSA) is 80.6 Å². The van der Waals surface area contributed by atoms with E-state index >= 15 is 0 Å². The average molecular weight is 318 g/mol. The zero-order valence-electron chi connectivity index (χ0n) is 12.9. The van der Waals surface area contributed by atoms with Crippen molar-refractivity contribution in [3.8, 4) is 0 Å². The van der Waals surface area contributed by atoms with E-state index in [0.29, 0.717) is 29.9 Å². The average Bonchev–Trinajstić information content (AvgIpc) is 3.42. The maximum Gasteiger partial charge on any atom is 0.227 e. The fraction of sp³-hybridized carbons (Fsp3) is 0.467. The minimum absolute atomic E-state index is 0.00546. The molecule has 3 fully saturated rings. The third kappa shape index (κ3) is 3.25. The summed E-state index contributed by atoms with van der Waals surface area (Å²) in [4.78, 5) is 50.2. The van der Waals surface area contributed by atoms with Crippen molar-refractivity contribution in [3.05, 3.63) is 23.2 Å². The molecular formula is C15H18N4O4. The van der Waals surface area contributed by atoms with Crippen LogP contribution in [0.1, 0.15) is 0 Å². The zero-order chi connectivity index (χ0) is 16.6. The number of carbonyl (C=O) groups excluding carboxylic acids is 4. The highest BCUT2D eigenvalue weighted by Crippen LogP contribution is 2.33. The van der Waals surface area contributed by atoms with E-state index in [9.17, 15) is 19.2 Å². The molecule has 0 bridgehead atoms. The molecule has 0 aromatic carbocycles. The van der Waals surface area contributed by atoms with Crippen molar-refractivity contribution in [1.82, 2.24) is 19.6 Å². The van der Waals surface area contributed by atoms with Crippen LogP contribution in [0.3, 0.4) is 0 Å². The van der Waals surface area contributed by atoms with Crippen LogP contribution in [0, 0.1) is 0 Å². The third-order valence-corrected chi connectivity index (χ3v) is 3.82. The molecule has 3 aliphatic heterocycles. The molecule has 4 aliphatic rings. The van der Waals surface area contributed by atoms with Crippen LogP contribution < -0.4 is 0 Å². The lowest BCUT2D eigenvalue weighted by Crippen LogP contribution is -2.29. The monoisotopic (exact) mass is 318 g/mol. The van der Waals surface area contributed by atoms with Gasteiger partial charge in [0, 0.05) is 52.4 Å². The first-order chi connectivity index (χ1) is 11.1. The smallest absolute Gasteiger partial charge is 0.227 e. The first-order valence-electron chi connectivity index (χ1n) is 7.49. The van der Waals surface area contributed by atoms with Crippen LogP contribution >= 0.6 is 0 Å². The molecule has 0 atom stereocenters. The van der Waals surface area contributed by atoms with Gasteiger partial charge in [0.25, 0.3) is 0 Å². The van der Waals surface area contributed by atoms with E-state index in [2.05, 4.69) is 0 Å². The summed E-state index contributed by atoms with van der Waals surface area (Å²) in [6.45, 7) is 5.41. The summed E-state index contributed by atoms with van der Waals surface area (Å²) >= 11 is 0. The molecule has 0 aromatic rings. The molecule has 0 saturated carbocycles. The van der Waals surface area contributed by atoms with Crippen LogP contribution in [0.4, 0.5) is 0 Å². The largest absolute Gasteiger partial charge is 0.365 e. The maximum atomic E-state index is 12.4. The van der Waals surface area contributed by atoms with Gasteiger partial charge in [-0.3, -0.25) is 24.1 Å². The summed E-state index contributed by atoms with van der Waals surface area (Å²) in [5.41, 5.74) is 1.89. The molecule has 4 rings (SSSR count). The summed E-state index contributed by atoms with van der Waals surface area (Å²) in [5, 5.41) is 0. The lowest BCUT2D eigenvalue weighted by Gasteiger charge is -2.21. The van der Waals surface area contributed by atoms with Crippen molar-refractivity contribution < 1.29 is 19.2 Å². The zero-order valence-corrected chi connectivity index (χ0v) is 12.9. The summed E-state index contributed by atoms with van der Waals surface area (Å²) < 4.78 is 0. The number of imide groups is 1. The standard InChI is InChI=1S/C12H13N3O2.C3H5NO2/c16-9-7-8(13-1-2-13)12(17)11(15-5-6-15)10(9)14-3-4-14;1-4(2-5)3-6/h7H,1-6H2;2-3H,1H3. The Morgan fingerprint density at radius 2 is 1.35 bits per heavy atom. The van der Waals surface area contributed by atoms with Gasteiger partial charge >= 0.3 is 0 Å². The summed E-state index contributed by atoms with van der Waals surface area (Å²) in [6.07, 6.45) is 2.40. The molecule has 0 spiro atoms. The highest BCUT2D eigenvalue weighted by atomic mass is 16.2.